The number of nitrogens with one attached hydrogen (secondary N) is 1. The summed E-state index contributed by atoms with van der Waals surface area (Å²) >= 11 is 3.31. The number of carbonyl (C=O) groups excluding carboxylic acids is 1. The molecule has 0 fully saturated rings. The molecule has 0 aromatic carbocycles. The lowest BCUT2D eigenvalue weighted by Gasteiger charge is -2.10. The first kappa shape index (κ1) is 10.9. The Morgan fingerprint density at radius 2 is 2.09 bits per heavy atom. The van der Waals surface area contributed by atoms with Crippen molar-refractivity contribution in [3.63, 3.8) is 0 Å². The summed E-state index contributed by atoms with van der Waals surface area (Å²) in [6.07, 6.45) is 2.62. The summed E-state index contributed by atoms with van der Waals surface area (Å²) in [5.74, 6) is 0.0935. The average molecular weight is 223 g/mol. The van der Waals surface area contributed by atoms with E-state index < -0.39 is 0 Å². The van der Waals surface area contributed by atoms with Crippen LogP contribution in [0.4, 0.5) is 0 Å². The maximum absolute atomic E-state index is 11.0. The van der Waals surface area contributed by atoms with Crippen LogP contribution < -0.4 is 5.43 Å². The number of hydrazine groups is 1. The topological polar surface area (TPSA) is 32.3 Å². The highest BCUT2D eigenvalue weighted by Crippen LogP contribution is 1.97. The normalized spacial score (nSPS) is 10.2. The van der Waals surface area contributed by atoms with E-state index in [0.717, 1.165) is 18.2 Å². The molecule has 0 aromatic heterocycles. The number of halogens is 1. The van der Waals surface area contributed by atoms with Gasteiger partial charge in [-0.05, 0) is 12.8 Å². The van der Waals surface area contributed by atoms with Gasteiger partial charge in [0.1, 0.15) is 0 Å². The summed E-state index contributed by atoms with van der Waals surface area (Å²) in [6.45, 7) is 0. The maximum Gasteiger partial charge on any atom is 0.234 e. The van der Waals surface area contributed by atoms with Crippen molar-refractivity contribution >= 4 is 21.8 Å². The van der Waals surface area contributed by atoms with Crippen molar-refractivity contribution in [3.05, 3.63) is 0 Å². The molecule has 0 aliphatic carbocycles. The molecule has 0 bridgehead atoms. The van der Waals surface area contributed by atoms with Gasteiger partial charge in [-0.1, -0.05) is 15.9 Å². The first-order chi connectivity index (χ1) is 5.16. The predicted molar refractivity (Wildman–Crippen MR) is 49.5 cm³/mol. The number of alkyl halides is 1. The van der Waals surface area contributed by atoms with Crippen molar-refractivity contribution in [3.8, 4) is 0 Å². The number of hydrogen-bond acceptors (Lipinski definition) is 2. The van der Waals surface area contributed by atoms with Crippen LogP contribution in [0.25, 0.3) is 0 Å². The molecule has 0 saturated carbocycles. The third-order valence-electron chi connectivity index (χ3n) is 1.14. The van der Waals surface area contributed by atoms with Crippen molar-refractivity contribution in [1.29, 1.82) is 0 Å². The van der Waals surface area contributed by atoms with Gasteiger partial charge in [0.05, 0.1) is 0 Å². The lowest BCUT2D eigenvalue weighted by atomic mass is 10.2. The molecule has 0 spiro atoms. The van der Waals surface area contributed by atoms with Crippen LogP contribution >= 0.6 is 15.9 Å². The van der Waals surface area contributed by atoms with Crippen molar-refractivity contribution in [1.82, 2.24) is 10.4 Å². The van der Waals surface area contributed by atoms with Gasteiger partial charge in [0, 0.05) is 25.8 Å². The molecule has 1 N–H and O–H groups in total. The molecule has 0 saturated heterocycles. The fourth-order valence-corrected chi connectivity index (χ4v) is 1.08. The van der Waals surface area contributed by atoms with Gasteiger partial charge in [0.15, 0.2) is 0 Å². The maximum atomic E-state index is 11.0. The molecule has 0 unspecified atom stereocenters. The predicted octanol–water partition coefficient (Wildman–Crippen LogP) is 1.14. The first-order valence-electron chi connectivity index (χ1n) is 3.69. The zero-order valence-electron chi connectivity index (χ0n) is 7.06. The van der Waals surface area contributed by atoms with E-state index in [1.165, 1.54) is 0 Å². The van der Waals surface area contributed by atoms with Crippen LogP contribution in [0.1, 0.15) is 19.3 Å². The Morgan fingerprint density at radius 3 is 2.55 bits per heavy atom. The molecule has 4 heteroatoms. The Kier molecular flexibility index (Phi) is 6.56. The Labute approximate surface area is 76.2 Å². The number of rotatable bonds is 5. The van der Waals surface area contributed by atoms with Crippen LogP contribution in [0.3, 0.4) is 0 Å². The number of carbonyl (C=O) groups is 1. The SMILES string of the molecule is CN(C)NC(=O)CCCCBr. The van der Waals surface area contributed by atoms with E-state index in [9.17, 15) is 4.79 Å². The zero-order valence-corrected chi connectivity index (χ0v) is 8.65. The van der Waals surface area contributed by atoms with E-state index in [0.29, 0.717) is 6.42 Å². The van der Waals surface area contributed by atoms with Crippen LogP contribution in [-0.4, -0.2) is 30.3 Å². The number of nitrogens with zero attached hydrogens (tertiary/aromatic N) is 1. The number of hydrogen-bond donors (Lipinski definition) is 1. The quantitative estimate of drug-likeness (QED) is 0.430. The Balaban J connectivity index is 3.23. The standard InChI is InChI=1S/C7H15BrN2O/c1-10(2)9-7(11)5-3-4-6-8/h3-6H2,1-2H3,(H,9,11). The van der Waals surface area contributed by atoms with Gasteiger partial charge in [0.2, 0.25) is 5.91 Å². The van der Waals surface area contributed by atoms with Crippen molar-refractivity contribution in [2.75, 3.05) is 19.4 Å². The second-order valence-electron chi connectivity index (χ2n) is 2.58. The van der Waals surface area contributed by atoms with Crippen LogP contribution in [0.2, 0.25) is 0 Å². The van der Waals surface area contributed by atoms with E-state index in [2.05, 4.69) is 21.4 Å². The molecule has 0 radical (unpaired) electrons. The fourth-order valence-electron chi connectivity index (χ4n) is 0.685. The van der Waals surface area contributed by atoms with E-state index in [1.807, 2.05) is 14.1 Å². The van der Waals surface area contributed by atoms with Crippen LogP contribution in [0.5, 0.6) is 0 Å². The smallest absolute Gasteiger partial charge is 0.234 e. The molecule has 0 heterocycles. The largest absolute Gasteiger partial charge is 0.289 e. The molecular weight excluding hydrogens is 208 g/mol. The van der Waals surface area contributed by atoms with Gasteiger partial charge in [-0.3, -0.25) is 10.2 Å². The molecule has 0 rings (SSSR count). The monoisotopic (exact) mass is 222 g/mol. The van der Waals surface area contributed by atoms with Crippen LogP contribution in [0, 0.1) is 0 Å². The lowest BCUT2D eigenvalue weighted by molar-refractivity contribution is -0.124. The minimum atomic E-state index is 0.0935. The van der Waals surface area contributed by atoms with Crippen molar-refractivity contribution in [2.45, 2.75) is 19.3 Å². The highest BCUT2D eigenvalue weighted by Gasteiger charge is 1.99. The van der Waals surface area contributed by atoms with Gasteiger partial charge in [-0.15, -0.1) is 0 Å². The Hall–Kier alpha value is -0.0900. The second kappa shape index (κ2) is 6.61. The summed E-state index contributed by atoms with van der Waals surface area (Å²) in [4.78, 5) is 11.0. The van der Waals surface area contributed by atoms with E-state index in [-0.39, 0.29) is 5.91 Å². The Morgan fingerprint density at radius 1 is 1.45 bits per heavy atom. The van der Waals surface area contributed by atoms with Gasteiger partial charge in [-0.25, -0.2) is 5.01 Å². The molecule has 0 atom stereocenters. The third-order valence-corrected chi connectivity index (χ3v) is 1.70. The second-order valence-corrected chi connectivity index (χ2v) is 3.37. The fraction of sp³-hybridized carbons (Fsp3) is 0.857. The third kappa shape index (κ3) is 7.81. The van der Waals surface area contributed by atoms with E-state index in [1.54, 1.807) is 5.01 Å². The molecule has 11 heavy (non-hydrogen) atoms. The molecule has 0 aliphatic heterocycles. The molecule has 66 valence electrons. The molecule has 1 amide bonds. The summed E-state index contributed by atoms with van der Waals surface area (Å²) in [5.41, 5.74) is 2.68. The highest BCUT2D eigenvalue weighted by atomic mass is 79.9. The van der Waals surface area contributed by atoms with Gasteiger partial charge in [0.25, 0.3) is 0 Å². The number of amides is 1. The summed E-state index contributed by atoms with van der Waals surface area (Å²) in [7, 11) is 3.62. The molecule has 0 aliphatic rings. The number of unbranched alkanes of at least 4 members (excludes halogenated alkanes) is 1. The van der Waals surface area contributed by atoms with Crippen molar-refractivity contribution < 1.29 is 4.79 Å². The molecular formula is C7H15BrN2O. The lowest BCUT2D eigenvalue weighted by Crippen LogP contribution is -2.35. The summed E-state index contributed by atoms with van der Waals surface area (Å²) < 4.78 is 0. The average Bonchev–Trinajstić information content (AvgIpc) is 1.86. The van der Waals surface area contributed by atoms with E-state index in [4.69, 9.17) is 0 Å². The highest BCUT2D eigenvalue weighted by molar-refractivity contribution is 9.09. The Bertz CT molecular complexity index is 117. The molecule has 3 nitrogen and oxygen atoms in total. The van der Waals surface area contributed by atoms with Gasteiger partial charge < -0.3 is 0 Å². The van der Waals surface area contributed by atoms with Gasteiger partial charge >= 0.3 is 0 Å². The van der Waals surface area contributed by atoms with Crippen LogP contribution in [-0.2, 0) is 4.79 Å². The van der Waals surface area contributed by atoms with E-state index >= 15 is 0 Å². The first-order valence-corrected chi connectivity index (χ1v) is 4.81. The van der Waals surface area contributed by atoms with Crippen LogP contribution in [0.15, 0.2) is 0 Å². The minimum Gasteiger partial charge on any atom is -0.289 e. The van der Waals surface area contributed by atoms with Gasteiger partial charge in [-0.2, -0.15) is 0 Å². The molecule has 0 aromatic rings. The summed E-state index contributed by atoms with van der Waals surface area (Å²) in [6, 6.07) is 0. The van der Waals surface area contributed by atoms with Crippen molar-refractivity contribution in [2.24, 2.45) is 0 Å². The minimum absolute atomic E-state index is 0.0935. The zero-order chi connectivity index (χ0) is 8.69. The summed E-state index contributed by atoms with van der Waals surface area (Å²) in [5, 5.41) is 2.64.